The third-order valence-electron chi connectivity index (χ3n) is 2.27. The number of nitrogens with zero attached hydrogens (tertiary/aromatic N) is 2. The Morgan fingerprint density at radius 3 is 2.37 bits per heavy atom. The van der Waals surface area contributed by atoms with E-state index < -0.39 is 5.56 Å². The van der Waals surface area contributed by atoms with E-state index in [1.165, 1.54) is 6.20 Å². The molecule has 0 aliphatic rings. The highest BCUT2D eigenvalue weighted by atomic mass is 35.5. The van der Waals surface area contributed by atoms with Gasteiger partial charge in [-0.05, 0) is 18.2 Å². The number of anilines is 1. The van der Waals surface area contributed by atoms with E-state index in [0.29, 0.717) is 21.4 Å². The maximum atomic E-state index is 12.1. The highest BCUT2D eigenvalue weighted by molar-refractivity contribution is 6.35. The Kier molecular flexibility index (Phi) is 4.31. The predicted molar refractivity (Wildman–Crippen MR) is 77.5 cm³/mol. The van der Waals surface area contributed by atoms with Gasteiger partial charge in [0.2, 0.25) is 0 Å². The molecule has 0 saturated carbocycles. The standard InChI is InChI=1S/C11H9Cl3N4O/c1-15-17-9-5-16-18(11(19)10(9)14)8-3-6(12)2-7(13)4-8/h2-5,15,17H,1H3. The number of hydrogen-bond donors (Lipinski definition) is 2. The van der Waals surface area contributed by atoms with Crippen molar-refractivity contribution in [2.75, 3.05) is 12.5 Å². The first-order valence-corrected chi connectivity index (χ1v) is 6.33. The average Bonchev–Trinajstić information content (AvgIpc) is 2.34. The Hall–Kier alpha value is -1.27. The minimum absolute atomic E-state index is 0.0143. The van der Waals surface area contributed by atoms with Crippen molar-refractivity contribution in [3.63, 3.8) is 0 Å². The van der Waals surface area contributed by atoms with Gasteiger partial charge in [0, 0.05) is 17.1 Å². The maximum absolute atomic E-state index is 12.1. The number of halogens is 3. The highest BCUT2D eigenvalue weighted by Gasteiger charge is 2.11. The van der Waals surface area contributed by atoms with Gasteiger partial charge in [-0.15, -0.1) is 0 Å². The highest BCUT2D eigenvalue weighted by Crippen LogP contribution is 2.22. The fourth-order valence-corrected chi connectivity index (χ4v) is 2.19. The van der Waals surface area contributed by atoms with Crippen LogP contribution in [0.2, 0.25) is 15.1 Å². The fraction of sp³-hybridized carbons (Fsp3) is 0.0909. The Bertz CT molecular complexity index is 651. The van der Waals surface area contributed by atoms with E-state index in [-0.39, 0.29) is 5.02 Å². The molecular formula is C11H9Cl3N4O. The van der Waals surface area contributed by atoms with Crippen molar-refractivity contribution in [2.45, 2.75) is 0 Å². The second kappa shape index (κ2) is 5.79. The second-order valence-corrected chi connectivity index (χ2v) is 4.84. The molecular weight excluding hydrogens is 311 g/mol. The van der Waals surface area contributed by atoms with E-state index in [1.54, 1.807) is 25.2 Å². The maximum Gasteiger partial charge on any atom is 0.292 e. The van der Waals surface area contributed by atoms with E-state index in [4.69, 9.17) is 34.8 Å². The van der Waals surface area contributed by atoms with Crippen molar-refractivity contribution in [3.8, 4) is 5.69 Å². The van der Waals surface area contributed by atoms with Gasteiger partial charge in [-0.3, -0.25) is 4.79 Å². The van der Waals surface area contributed by atoms with Gasteiger partial charge in [0.15, 0.2) is 0 Å². The summed E-state index contributed by atoms with van der Waals surface area (Å²) < 4.78 is 1.13. The van der Waals surface area contributed by atoms with Crippen LogP contribution in [0.4, 0.5) is 5.69 Å². The summed E-state index contributed by atoms with van der Waals surface area (Å²) in [4.78, 5) is 12.1. The summed E-state index contributed by atoms with van der Waals surface area (Å²) in [5, 5.41) is 4.84. The first kappa shape index (κ1) is 14.1. The van der Waals surface area contributed by atoms with Gasteiger partial charge >= 0.3 is 0 Å². The molecule has 0 fully saturated rings. The normalized spacial score (nSPS) is 10.5. The molecule has 1 aromatic carbocycles. The molecule has 1 aromatic heterocycles. The zero-order valence-corrected chi connectivity index (χ0v) is 12.0. The smallest absolute Gasteiger partial charge is 0.292 e. The largest absolute Gasteiger partial charge is 0.319 e. The summed E-state index contributed by atoms with van der Waals surface area (Å²) in [6.07, 6.45) is 1.43. The molecule has 2 aromatic rings. The van der Waals surface area contributed by atoms with Gasteiger partial charge in [0.25, 0.3) is 5.56 Å². The van der Waals surface area contributed by atoms with E-state index in [1.807, 2.05) is 0 Å². The van der Waals surface area contributed by atoms with Gasteiger partial charge in [-0.25, -0.2) is 5.43 Å². The monoisotopic (exact) mass is 318 g/mol. The predicted octanol–water partition coefficient (Wildman–Crippen LogP) is 2.74. The second-order valence-electron chi connectivity index (χ2n) is 3.59. The molecule has 0 saturated heterocycles. The van der Waals surface area contributed by atoms with Crippen molar-refractivity contribution in [2.24, 2.45) is 0 Å². The third kappa shape index (κ3) is 3.01. The molecule has 0 bridgehead atoms. The lowest BCUT2D eigenvalue weighted by Gasteiger charge is -2.09. The summed E-state index contributed by atoms with van der Waals surface area (Å²) in [7, 11) is 1.65. The number of hydrazine groups is 1. The summed E-state index contributed by atoms with van der Waals surface area (Å²) in [5.41, 5.74) is 5.73. The van der Waals surface area contributed by atoms with Crippen molar-refractivity contribution >= 4 is 40.5 Å². The van der Waals surface area contributed by atoms with Crippen LogP contribution in [0, 0.1) is 0 Å². The van der Waals surface area contributed by atoms with Gasteiger partial charge < -0.3 is 5.43 Å². The molecule has 5 nitrogen and oxygen atoms in total. The topological polar surface area (TPSA) is 59.0 Å². The van der Waals surface area contributed by atoms with Crippen LogP contribution in [0.5, 0.6) is 0 Å². The van der Waals surface area contributed by atoms with Crippen LogP contribution >= 0.6 is 34.8 Å². The Morgan fingerprint density at radius 1 is 1.16 bits per heavy atom. The van der Waals surface area contributed by atoms with Crippen molar-refractivity contribution < 1.29 is 0 Å². The molecule has 0 amide bonds. The lowest BCUT2D eigenvalue weighted by molar-refractivity contribution is 0.804. The zero-order chi connectivity index (χ0) is 14.0. The molecule has 100 valence electrons. The SMILES string of the molecule is CNNc1cnn(-c2cc(Cl)cc(Cl)c2)c(=O)c1Cl. The Labute approximate surface area is 124 Å². The van der Waals surface area contributed by atoms with Crippen LogP contribution in [0.15, 0.2) is 29.2 Å². The Balaban J connectivity index is 2.57. The quantitative estimate of drug-likeness (QED) is 0.854. The third-order valence-corrected chi connectivity index (χ3v) is 3.07. The number of benzene rings is 1. The molecule has 0 aliphatic carbocycles. The van der Waals surface area contributed by atoms with E-state index in [0.717, 1.165) is 4.68 Å². The van der Waals surface area contributed by atoms with E-state index >= 15 is 0 Å². The van der Waals surface area contributed by atoms with Gasteiger partial charge in [0.05, 0.1) is 17.6 Å². The number of aromatic nitrogens is 2. The molecule has 2 N–H and O–H groups in total. The summed E-state index contributed by atoms with van der Waals surface area (Å²) >= 11 is 17.7. The Morgan fingerprint density at radius 2 is 1.79 bits per heavy atom. The van der Waals surface area contributed by atoms with Crippen LogP contribution in [0.1, 0.15) is 0 Å². The van der Waals surface area contributed by atoms with Crippen molar-refractivity contribution in [1.82, 2.24) is 15.2 Å². The van der Waals surface area contributed by atoms with Crippen LogP contribution in [-0.4, -0.2) is 16.8 Å². The first-order valence-electron chi connectivity index (χ1n) is 5.20. The first-order chi connectivity index (χ1) is 9.02. The van der Waals surface area contributed by atoms with Crippen LogP contribution in [0.25, 0.3) is 5.69 Å². The van der Waals surface area contributed by atoms with Crippen LogP contribution in [0.3, 0.4) is 0 Å². The number of hydrogen-bond acceptors (Lipinski definition) is 4. The minimum Gasteiger partial charge on any atom is -0.319 e. The molecule has 0 radical (unpaired) electrons. The minimum atomic E-state index is -0.472. The van der Waals surface area contributed by atoms with Crippen LogP contribution < -0.4 is 16.4 Å². The van der Waals surface area contributed by atoms with E-state index in [9.17, 15) is 4.79 Å². The molecule has 8 heteroatoms. The van der Waals surface area contributed by atoms with Gasteiger partial charge in [0.1, 0.15) is 5.02 Å². The zero-order valence-electron chi connectivity index (χ0n) is 9.75. The van der Waals surface area contributed by atoms with Crippen LogP contribution in [-0.2, 0) is 0 Å². The molecule has 2 rings (SSSR count). The molecule has 0 aliphatic heterocycles. The lowest BCUT2D eigenvalue weighted by atomic mass is 10.3. The fourth-order valence-electron chi connectivity index (χ4n) is 1.50. The van der Waals surface area contributed by atoms with Crippen molar-refractivity contribution in [3.05, 3.63) is 49.8 Å². The molecule has 0 spiro atoms. The van der Waals surface area contributed by atoms with E-state index in [2.05, 4.69) is 16.0 Å². The molecule has 0 unspecified atom stereocenters. The van der Waals surface area contributed by atoms with Gasteiger partial charge in [-0.2, -0.15) is 9.78 Å². The average molecular weight is 320 g/mol. The molecule has 19 heavy (non-hydrogen) atoms. The molecule has 0 atom stereocenters. The summed E-state index contributed by atoms with van der Waals surface area (Å²) in [5.74, 6) is 0. The summed E-state index contributed by atoms with van der Waals surface area (Å²) in [6, 6.07) is 4.71. The number of nitrogens with one attached hydrogen (secondary N) is 2. The lowest BCUT2D eigenvalue weighted by Crippen LogP contribution is -2.25. The van der Waals surface area contributed by atoms with Gasteiger partial charge in [-0.1, -0.05) is 34.8 Å². The molecule has 1 heterocycles. The number of rotatable bonds is 3. The summed E-state index contributed by atoms with van der Waals surface area (Å²) in [6.45, 7) is 0. The van der Waals surface area contributed by atoms with Crippen molar-refractivity contribution in [1.29, 1.82) is 0 Å².